The normalized spacial score (nSPS) is 29.4. The number of hydrogen-bond donors (Lipinski definition) is 1. The third-order valence-corrected chi connectivity index (χ3v) is 6.10. The van der Waals surface area contributed by atoms with Crippen LogP contribution in [0, 0.1) is 17.8 Å². The third kappa shape index (κ3) is 6.29. The van der Waals surface area contributed by atoms with Gasteiger partial charge >= 0.3 is 5.97 Å². The minimum atomic E-state index is -0.686. The molecular weight excluding hydrogens is 310 g/mol. The minimum Gasteiger partial charge on any atom is -0.481 e. The monoisotopic (exact) mass is 347 g/mol. The number of hydrogen-bond acceptors (Lipinski definition) is 2. The fourth-order valence-electron chi connectivity index (χ4n) is 4.74. The summed E-state index contributed by atoms with van der Waals surface area (Å²) in [5.41, 5.74) is 0. The van der Waals surface area contributed by atoms with Crippen LogP contribution in [0.3, 0.4) is 0 Å². The first kappa shape index (κ1) is 20.2. The molecule has 2 rings (SSSR count). The molecule has 142 valence electrons. The Labute approximate surface area is 154 Å². The maximum absolute atomic E-state index is 10.5. The first-order valence-corrected chi connectivity index (χ1v) is 10.4. The molecule has 0 amide bonds. The summed E-state index contributed by atoms with van der Waals surface area (Å²) in [5.74, 6) is 1.64. The molecule has 0 radical (unpaired) electrons. The Morgan fingerprint density at radius 2 is 1.92 bits per heavy atom. The fourth-order valence-corrected chi connectivity index (χ4v) is 4.74. The maximum atomic E-state index is 10.5. The summed E-state index contributed by atoms with van der Waals surface area (Å²) in [6, 6.07) is 0.738. The van der Waals surface area contributed by atoms with E-state index in [1.54, 1.807) is 0 Å². The van der Waals surface area contributed by atoms with Crippen molar-refractivity contribution >= 4 is 5.97 Å². The molecule has 1 aliphatic carbocycles. The first-order chi connectivity index (χ1) is 12.1. The van der Waals surface area contributed by atoms with Crippen molar-refractivity contribution in [1.29, 1.82) is 0 Å². The molecule has 1 saturated heterocycles. The molecule has 1 saturated carbocycles. The second kappa shape index (κ2) is 10.8. The van der Waals surface area contributed by atoms with Crippen molar-refractivity contribution in [2.75, 3.05) is 13.6 Å². The van der Waals surface area contributed by atoms with E-state index < -0.39 is 5.97 Å². The van der Waals surface area contributed by atoms with E-state index in [9.17, 15) is 4.79 Å². The number of carbonyl (C=O) groups is 1. The van der Waals surface area contributed by atoms with Crippen LogP contribution in [0.15, 0.2) is 24.3 Å². The number of likely N-dealkylation sites (tertiary alicyclic amines) is 1. The first-order valence-electron chi connectivity index (χ1n) is 10.4. The molecule has 2 fully saturated rings. The average molecular weight is 348 g/mol. The summed E-state index contributed by atoms with van der Waals surface area (Å²) in [4.78, 5) is 13.1. The Balaban J connectivity index is 1.78. The van der Waals surface area contributed by atoms with Gasteiger partial charge in [0.05, 0.1) is 0 Å². The highest BCUT2D eigenvalue weighted by Gasteiger charge is 2.48. The number of allylic oxidation sites excluding steroid dienone is 3. The van der Waals surface area contributed by atoms with Gasteiger partial charge in [0.25, 0.3) is 0 Å². The van der Waals surface area contributed by atoms with E-state index in [1.807, 2.05) is 0 Å². The molecule has 1 heterocycles. The fraction of sp³-hybridized carbons (Fsp3) is 0.773. The van der Waals surface area contributed by atoms with E-state index in [-0.39, 0.29) is 6.42 Å². The van der Waals surface area contributed by atoms with Gasteiger partial charge in [-0.3, -0.25) is 4.79 Å². The van der Waals surface area contributed by atoms with E-state index in [0.717, 1.165) is 37.1 Å². The number of rotatable bonds is 12. The highest BCUT2D eigenvalue weighted by atomic mass is 16.4. The van der Waals surface area contributed by atoms with E-state index in [2.05, 4.69) is 43.2 Å². The predicted octanol–water partition coefficient (Wildman–Crippen LogP) is 5.28. The van der Waals surface area contributed by atoms with E-state index in [1.165, 1.54) is 45.1 Å². The minimum absolute atomic E-state index is 0.284. The quantitative estimate of drug-likeness (QED) is 0.386. The zero-order valence-electron chi connectivity index (χ0n) is 16.2. The molecule has 1 N–H and O–H groups in total. The zero-order chi connectivity index (χ0) is 18.1. The predicted molar refractivity (Wildman–Crippen MR) is 105 cm³/mol. The highest BCUT2D eigenvalue weighted by Crippen LogP contribution is 2.48. The Bertz CT molecular complexity index is 457. The van der Waals surface area contributed by atoms with Crippen LogP contribution in [-0.2, 0) is 4.79 Å². The molecule has 0 unspecified atom stereocenters. The molecule has 0 aromatic heterocycles. The largest absolute Gasteiger partial charge is 0.481 e. The van der Waals surface area contributed by atoms with E-state index >= 15 is 0 Å². The van der Waals surface area contributed by atoms with Crippen molar-refractivity contribution in [3.63, 3.8) is 0 Å². The van der Waals surface area contributed by atoms with Gasteiger partial charge in [-0.2, -0.15) is 0 Å². The molecular formula is C22H37NO2. The van der Waals surface area contributed by atoms with Crippen LogP contribution < -0.4 is 0 Å². The molecule has 25 heavy (non-hydrogen) atoms. The number of fused-ring (bicyclic) bond motifs is 2. The topological polar surface area (TPSA) is 40.5 Å². The highest BCUT2D eigenvalue weighted by molar-refractivity contribution is 5.66. The number of aliphatic carboxylic acids is 1. The van der Waals surface area contributed by atoms with Crippen molar-refractivity contribution in [2.24, 2.45) is 17.8 Å². The van der Waals surface area contributed by atoms with Crippen molar-refractivity contribution in [3.05, 3.63) is 24.3 Å². The van der Waals surface area contributed by atoms with Crippen molar-refractivity contribution in [2.45, 2.75) is 77.2 Å². The van der Waals surface area contributed by atoms with Gasteiger partial charge in [-0.1, -0.05) is 50.5 Å². The van der Waals surface area contributed by atoms with Gasteiger partial charge in [-0.25, -0.2) is 0 Å². The number of nitrogens with zero attached hydrogens (tertiary/aromatic N) is 1. The lowest BCUT2D eigenvalue weighted by Crippen LogP contribution is -2.38. The molecule has 2 bridgehead atoms. The van der Waals surface area contributed by atoms with Gasteiger partial charge in [-0.05, 0) is 63.3 Å². The summed E-state index contributed by atoms with van der Waals surface area (Å²) < 4.78 is 0. The summed E-state index contributed by atoms with van der Waals surface area (Å²) in [5, 5.41) is 8.69. The van der Waals surface area contributed by atoms with Crippen LogP contribution in [0.25, 0.3) is 0 Å². The molecule has 3 nitrogen and oxygen atoms in total. The number of carboxylic acid groups (broad SMARTS) is 1. The lowest BCUT2D eigenvalue weighted by atomic mass is 9.82. The van der Waals surface area contributed by atoms with Crippen molar-refractivity contribution in [1.82, 2.24) is 4.90 Å². The lowest BCUT2D eigenvalue weighted by Gasteiger charge is -2.34. The van der Waals surface area contributed by atoms with Crippen molar-refractivity contribution < 1.29 is 9.90 Å². The van der Waals surface area contributed by atoms with E-state index in [4.69, 9.17) is 5.11 Å². The molecule has 4 atom stereocenters. The van der Waals surface area contributed by atoms with Crippen molar-refractivity contribution in [3.8, 4) is 0 Å². The van der Waals surface area contributed by atoms with Gasteiger partial charge in [0.2, 0.25) is 0 Å². The molecule has 2 aliphatic rings. The molecule has 0 aromatic rings. The standard InChI is InChI=1S/C22H37NO2/c1-3-4-5-6-7-11-14-20-19(18-16-21(20)23(2)17-18)13-10-8-9-12-15-22(24)25/h8,10-11,14,18-21H,3-7,9,12-13,15-17H2,1-2H3,(H,24,25)/b10-8-,14-11+/t18-,19+,20-,21-/m1/s1. The van der Waals surface area contributed by atoms with Gasteiger partial charge in [0.15, 0.2) is 0 Å². The molecule has 0 aromatic carbocycles. The molecule has 3 heteroatoms. The lowest BCUT2D eigenvalue weighted by molar-refractivity contribution is -0.137. The van der Waals surface area contributed by atoms with Crippen LogP contribution in [0.2, 0.25) is 0 Å². The van der Waals surface area contributed by atoms with Crippen LogP contribution >= 0.6 is 0 Å². The number of carboxylic acids is 1. The molecule has 1 aliphatic heterocycles. The zero-order valence-corrected chi connectivity index (χ0v) is 16.2. The van der Waals surface area contributed by atoms with Gasteiger partial charge in [0.1, 0.15) is 0 Å². The number of piperidine rings is 1. The van der Waals surface area contributed by atoms with Gasteiger partial charge in [-0.15, -0.1) is 0 Å². The summed E-state index contributed by atoms with van der Waals surface area (Å²) in [6.45, 7) is 3.52. The summed E-state index contributed by atoms with van der Waals surface area (Å²) in [7, 11) is 2.28. The number of unbranched alkanes of at least 4 members (excludes halogenated alkanes) is 5. The summed E-state index contributed by atoms with van der Waals surface area (Å²) >= 11 is 0. The third-order valence-electron chi connectivity index (χ3n) is 6.10. The summed E-state index contributed by atoms with van der Waals surface area (Å²) in [6.07, 6.45) is 20.5. The molecule has 0 spiro atoms. The Morgan fingerprint density at radius 1 is 1.12 bits per heavy atom. The Kier molecular flexibility index (Phi) is 8.74. The second-order valence-corrected chi connectivity index (χ2v) is 8.01. The smallest absolute Gasteiger partial charge is 0.303 e. The van der Waals surface area contributed by atoms with Gasteiger partial charge in [0, 0.05) is 19.0 Å². The maximum Gasteiger partial charge on any atom is 0.303 e. The van der Waals surface area contributed by atoms with Gasteiger partial charge < -0.3 is 10.0 Å². The van der Waals surface area contributed by atoms with E-state index in [0.29, 0.717) is 5.92 Å². The van der Waals surface area contributed by atoms with Crippen LogP contribution in [0.4, 0.5) is 0 Å². The Hall–Kier alpha value is -1.09. The van der Waals surface area contributed by atoms with Crippen LogP contribution in [-0.4, -0.2) is 35.6 Å². The van der Waals surface area contributed by atoms with Crippen LogP contribution in [0.1, 0.15) is 71.1 Å². The SMILES string of the molecule is CCCCCC/C=C/[C@@H]1[C@@H](C/C=C\CCCC(=O)O)[C@@H]2C[C@H]1N(C)C2. The van der Waals surface area contributed by atoms with Crippen LogP contribution in [0.5, 0.6) is 0 Å². The average Bonchev–Trinajstić information content (AvgIpc) is 3.11. The Morgan fingerprint density at radius 3 is 2.68 bits per heavy atom. The second-order valence-electron chi connectivity index (χ2n) is 8.01.